The van der Waals surface area contributed by atoms with E-state index in [9.17, 15) is 0 Å². The van der Waals surface area contributed by atoms with Gasteiger partial charge in [-0.1, -0.05) is 115 Å². The van der Waals surface area contributed by atoms with Crippen molar-refractivity contribution < 1.29 is 0 Å². The van der Waals surface area contributed by atoms with Gasteiger partial charge in [-0.15, -0.1) is 11.3 Å². The Hall–Kier alpha value is -5.71. The maximum atomic E-state index is 5.17. The Morgan fingerprint density at radius 3 is 1.67 bits per heavy atom. The molecule has 3 nitrogen and oxygen atoms in total. The van der Waals surface area contributed by atoms with E-state index in [1.54, 1.807) is 0 Å². The summed E-state index contributed by atoms with van der Waals surface area (Å²) in [7, 11) is 0. The van der Waals surface area contributed by atoms with Crippen LogP contribution in [0.5, 0.6) is 0 Å². The maximum Gasteiger partial charge on any atom is 0.160 e. The van der Waals surface area contributed by atoms with Crippen LogP contribution in [-0.4, -0.2) is 15.0 Å². The highest BCUT2D eigenvalue weighted by atomic mass is 32.1. The molecule has 0 saturated heterocycles. The standard InChI is InChI=1S/C41H25N3S/c1-4-12-26(13-5-1)34-25-35(27-14-6-2-7-15-27)44-41(43-34)29-20-22-36-32(24-29)39-37(45-36)23-21-31-38(39)30-18-10-11-19-33(30)42-40(31)28-16-8-3-9-17-28/h1-25H. The van der Waals surface area contributed by atoms with E-state index < -0.39 is 0 Å². The van der Waals surface area contributed by atoms with Gasteiger partial charge < -0.3 is 0 Å². The van der Waals surface area contributed by atoms with Crippen LogP contribution in [-0.2, 0) is 0 Å². The molecule has 0 atom stereocenters. The molecule has 3 heterocycles. The third-order valence-electron chi connectivity index (χ3n) is 8.47. The summed E-state index contributed by atoms with van der Waals surface area (Å²) in [6.07, 6.45) is 0. The molecule has 9 aromatic rings. The van der Waals surface area contributed by atoms with Crippen LogP contribution >= 0.6 is 11.3 Å². The van der Waals surface area contributed by atoms with E-state index >= 15 is 0 Å². The number of para-hydroxylation sites is 1. The van der Waals surface area contributed by atoms with Gasteiger partial charge in [0.05, 0.1) is 22.6 Å². The van der Waals surface area contributed by atoms with Gasteiger partial charge in [0, 0.05) is 58.6 Å². The number of fused-ring (bicyclic) bond motifs is 7. The summed E-state index contributed by atoms with van der Waals surface area (Å²) in [5.74, 6) is 0.716. The van der Waals surface area contributed by atoms with Gasteiger partial charge in [0.15, 0.2) is 5.82 Å². The summed E-state index contributed by atoms with van der Waals surface area (Å²) in [6.45, 7) is 0. The molecule has 0 aliphatic rings. The van der Waals surface area contributed by atoms with Gasteiger partial charge in [-0.2, -0.15) is 0 Å². The normalized spacial score (nSPS) is 11.6. The Kier molecular flexibility index (Phi) is 6.00. The molecule has 0 amide bonds. The van der Waals surface area contributed by atoms with Gasteiger partial charge in [-0.25, -0.2) is 15.0 Å². The Morgan fingerprint density at radius 2 is 0.978 bits per heavy atom. The number of aromatic nitrogens is 3. The van der Waals surface area contributed by atoms with Crippen molar-refractivity contribution in [3.05, 3.63) is 152 Å². The smallest absolute Gasteiger partial charge is 0.160 e. The lowest BCUT2D eigenvalue weighted by Crippen LogP contribution is -1.95. The first-order valence-electron chi connectivity index (χ1n) is 15.0. The first-order valence-corrected chi connectivity index (χ1v) is 15.9. The molecule has 4 heteroatoms. The molecule has 210 valence electrons. The van der Waals surface area contributed by atoms with E-state index in [0.29, 0.717) is 5.82 Å². The van der Waals surface area contributed by atoms with E-state index in [-0.39, 0.29) is 0 Å². The molecule has 0 unspecified atom stereocenters. The molecule has 0 N–H and O–H groups in total. The number of nitrogens with zero attached hydrogens (tertiary/aromatic N) is 3. The SMILES string of the molecule is c1ccc(-c2cc(-c3ccccc3)nc(-c3ccc4sc5ccc6c(-c7ccccc7)nc7ccccc7c6c5c4c3)n2)cc1. The Bertz CT molecular complexity index is 2460. The zero-order valence-electron chi connectivity index (χ0n) is 24.2. The topological polar surface area (TPSA) is 38.7 Å². The second-order valence-corrected chi connectivity index (χ2v) is 12.3. The van der Waals surface area contributed by atoms with Crippen LogP contribution in [0.15, 0.2) is 152 Å². The molecule has 0 aliphatic carbocycles. The van der Waals surface area contributed by atoms with E-state index in [1.807, 2.05) is 23.5 Å². The third-order valence-corrected chi connectivity index (χ3v) is 9.60. The second-order valence-electron chi connectivity index (χ2n) is 11.2. The number of rotatable bonds is 4. The minimum atomic E-state index is 0.716. The van der Waals surface area contributed by atoms with Crippen LogP contribution in [0.1, 0.15) is 0 Å². The number of pyridine rings is 1. The Morgan fingerprint density at radius 1 is 0.378 bits per heavy atom. The summed E-state index contributed by atoms with van der Waals surface area (Å²) >= 11 is 1.83. The molecule has 0 spiro atoms. The van der Waals surface area contributed by atoms with E-state index in [2.05, 4.69) is 140 Å². The molecule has 45 heavy (non-hydrogen) atoms. The first-order chi connectivity index (χ1) is 22.3. The molecule has 6 aromatic carbocycles. The van der Waals surface area contributed by atoms with Crippen LogP contribution in [0.4, 0.5) is 0 Å². The van der Waals surface area contributed by atoms with Crippen molar-refractivity contribution in [2.75, 3.05) is 0 Å². The van der Waals surface area contributed by atoms with Gasteiger partial charge >= 0.3 is 0 Å². The van der Waals surface area contributed by atoms with Crippen LogP contribution in [0, 0.1) is 0 Å². The fourth-order valence-corrected chi connectivity index (χ4v) is 7.45. The predicted molar refractivity (Wildman–Crippen MR) is 189 cm³/mol. The van der Waals surface area contributed by atoms with Crippen molar-refractivity contribution in [2.45, 2.75) is 0 Å². The van der Waals surface area contributed by atoms with E-state index in [0.717, 1.165) is 55.6 Å². The van der Waals surface area contributed by atoms with E-state index in [1.165, 1.54) is 25.6 Å². The van der Waals surface area contributed by atoms with Crippen LogP contribution in [0.25, 0.3) is 87.0 Å². The van der Waals surface area contributed by atoms with Gasteiger partial charge in [0.2, 0.25) is 0 Å². The van der Waals surface area contributed by atoms with Gasteiger partial charge in [-0.05, 0) is 36.4 Å². The van der Waals surface area contributed by atoms with Gasteiger partial charge in [0.25, 0.3) is 0 Å². The average Bonchev–Trinajstić information content (AvgIpc) is 3.50. The molecule has 9 rings (SSSR count). The quantitative estimate of drug-likeness (QED) is 0.191. The number of benzene rings is 6. The maximum absolute atomic E-state index is 5.17. The molecule has 3 aromatic heterocycles. The predicted octanol–water partition coefficient (Wildman–Crippen LogP) is 11.2. The number of hydrogen-bond acceptors (Lipinski definition) is 4. The summed E-state index contributed by atoms with van der Waals surface area (Å²) in [4.78, 5) is 15.4. The summed E-state index contributed by atoms with van der Waals surface area (Å²) in [5, 5.41) is 6.03. The van der Waals surface area contributed by atoms with Crippen LogP contribution < -0.4 is 0 Å². The molecule has 0 aliphatic heterocycles. The van der Waals surface area contributed by atoms with Crippen LogP contribution in [0.3, 0.4) is 0 Å². The molecular weight excluding hydrogens is 567 g/mol. The molecule has 0 saturated carbocycles. The first kappa shape index (κ1) is 25.8. The van der Waals surface area contributed by atoms with Crippen molar-refractivity contribution in [2.24, 2.45) is 0 Å². The van der Waals surface area contributed by atoms with Crippen molar-refractivity contribution >= 4 is 53.2 Å². The zero-order chi connectivity index (χ0) is 29.7. The third kappa shape index (κ3) is 4.38. The lowest BCUT2D eigenvalue weighted by molar-refractivity contribution is 1.18. The molecule has 0 radical (unpaired) electrons. The molecule has 0 bridgehead atoms. The van der Waals surface area contributed by atoms with E-state index in [4.69, 9.17) is 15.0 Å². The molecule has 0 fully saturated rings. The highest BCUT2D eigenvalue weighted by molar-refractivity contribution is 7.26. The minimum Gasteiger partial charge on any atom is -0.247 e. The lowest BCUT2D eigenvalue weighted by Gasteiger charge is -2.12. The highest BCUT2D eigenvalue weighted by Gasteiger charge is 2.18. The number of hydrogen-bond donors (Lipinski definition) is 0. The Labute approximate surface area is 264 Å². The molecular formula is C41H25N3S. The number of thiophene rings is 1. The monoisotopic (exact) mass is 591 g/mol. The fraction of sp³-hybridized carbons (Fsp3) is 0. The van der Waals surface area contributed by atoms with Crippen LogP contribution in [0.2, 0.25) is 0 Å². The summed E-state index contributed by atoms with van der Waals surface area (Å²) in [6, 6.07) is 52.9. The second kappa shape index (κ2) is 10.5. The van der Waals surface area contributed by atoms with Crippen molar-refractivity contribution in [3.8, 4) is 45.2 Å². The van der Waals surface area contributed by atoms with Crippen molar-refractivity contribution in [3.63, 3.8) is 0 Å². The van der Waals surface area contributed by atoms with Gasteiger partial charge in [-0.3, -0.25) is 0 Å². The fourth-order valence-electron chi connectivity index (χ4n) is 6.35. The minimum absolute atomic E-state index is 0.716. The Balaban J connectivity index is 1.33. The zero-order valence-corrected chi connectivity index (χ0v) is 25.0. The van der Waals surface area contributed by atoms with Gasteiger partial charge in [0.1, 0.15) is 0 Å². The van der Waals surface area contributed by atoms with Crippen molar-refractivity contribution in [1.29, 1.82) is 0 Å². The average molecular weight is 592 g/mol. The summed E-state index contributed by atoms with van der Waals surface area (Å²) in [5.41, 5.74) is 8.07. The lowest BCUT2D eigenvalue weighted by atomic mass is 9.96. The van der Waals surface area contributed by atoms with Crippen molar-refractivity contribution in [1.82, 2.24) is 15.0 Å². The highest BCUT2D eigenvalue weighted by Crippen LogP contribution is 2.44. The largest absolute Gasteiger partial charge is 0.247 e. The summed E-state index contributed by atoms with van der Waals surface area (Å²) < 4.78 is 2.50.